The molecule has 2 heterocycles. The van der Waals surface area contributed by atoms with Crippen LogP contribution in [0.3, 0.4) is 0 Å². The van der Waals surface area contributed by atoms with Crippen LogP contribution in [0.25, 0.3) is 11.3 Å². The van der Waals surface area contributed by atoms with Crippen molar-refractivity contribution in [3.8, 4) is 17.0 Å². The van der Waals surface area contributed by atoms with E-state index in [9.17, 15) is 0 Å². The number of aryl methyl sites for hydroxylation is 1. The molecule has 104 valence electrons. The molecule has 0 fully saturated rings. The minimum atomic E-state index is 0.606. The summed E-state index contributed by atoms with van der Waals surface area (Å²) in [4.78, 5) is 7.82. The van der Waals surface area contributed by atoms with Gasteiger partial charge in [-0.2, -0.15) is 0 Å². The molecule has 5 heteroatoms. The van der Waals surface area contributed by atoms with Crippen molar-refractivity contribution < 1.29 is 4.74 Å². The lowest BCUT2D eigenvalue weighted by Gasteiger charge is -2.30. The molecule has 2 N–H and O–H groups in total. The predicted molar refractivity (Wildman–Crippen MR) is 84.6 cm³/mol. The van der Waals surface area contributed by atoms with E-state index in [1.54, 1.807) is 0 Å². The molecule has 1 aromatic heterocycles. The first-order chi connectivity index (χ1) is 9.69. The van der Waals surface area contributed by atoms with Gasteiger partial charge in [-0.3, -0.25) is 0 Å². The van der Waals surface area contributed by atoms with E-state index < -0.39 is 0 Å². The van der Waals surface area contributed by atoms with Gasteiger partial charge in [0.25, 0.3) is 0 Å². The molecular formula is C15H17N3OS. The number of hydrogen-bond acceptors (Lipinski definition) is 5. The second kappa shape index (κ2) is 5.17. The van der Waals surface area contributed by atoms with Crippen molar-refractivity contribution in [1.82, 2.24) is 4.98 Å². The first-order valence-corrected chi connectivity index (χ1v) is 7.36. The first kappa shape index (κ1) is 13.0. The molecule has 1 aromatic carbocycles. The SMILES string of the molecule is C=CCN1CCOc2ccc(-c3nc(N)sc3C)cc21. The van der Waals surface area contributed by atoms with Gasteiger partial charge in [-0.05, 0) is 25.1 Å². The van der Waals surface area contributed by atoms with Crippen molar-refractivity contribution >= 4 is 22.2 Å². The van der Waals surface area contributed by atoms with Crippen LogP contribution in [-0.4, -0.2) is 24.7 Å². The van der Waals surface area contributed by atoms with E-state index >= 15 is 0 Å². The second-order valence-electron chi connectivity index (χ2n) is 4.72. The van der Waals surface area contributed by atoms with Crippen molar-refractivity contribution in [2.24, 2.45) is 0 Å². The van der Waals surface area contributed by atoms with Crippen LogP contribution >= 0.6 is 11.3 Å². The monoisotopic (exact) mass is 287 g/mol. The Kier molecular flexibility index (Phi) is 3.36. The summed E-state index contributed by atoms with van der Waals surface area (Å²) in [6.45, 7) is 8.26. The van der Waals surface area contributed by atoms with E-state index in [2.05, 4.69) is 22.5 Å². The molecule has 0 aliphatic carbocycles. The van der Waals surface area contributed by atoms with Gasteiger partial charge in [-0.15, -0.1) is 17.9 Å². The van der Waals surface area contributed by atoms with E-state index in [4.69, 9.17) is 10.5 Å². The third kappa shape index (κ3) is 2.25. The van der Waals surface area contributed by atoms with Gasteiger partial charge in [0.2, 0.25) is 0 Å². The smallest absolute Gasteiger partial charge is 0.180 e. The molecule has 0 radical (unpaired) electrons. The van der Waals surface area contributed by atoms with E-state index in [-0.39, 0.29) is 0 Å². The fraction of sp³-hybridized carbons (Fsp3) is 0.267. The number of benzene rings is 1. The van der Waals surface area contributed by atoms with Crippen molar-refractivity contribution in [1.29, 1.82) is 0 Å². The molecule has 4 nitrogen and oxygen atoms in total. The van der Waals surface area contributed by atoms with Gasteiger partial charge in [0.05, 0.1) is 17.9 Å². The maximum atomic E-state index is 5.79. The molecule has 0 saturated heterocycles. The quantitative estimate of drug-likeness (QED) is 0.881. The zero-order valence-corrected chi connectivity index (χ0v) is 12.2. The molecule has 0 unspecified atom stereocenters. The van der Waals surface area contributed by atoms with Crippen LogP contribution in [0.2, 0.25) is 0 Å². The summed E-state index contributed by atoms with van der Waals surface area (Å²) in [5.74, 6) is 0.919. The van der Waals surface area contributed by atoms with Crippen LogP contribution in [0.1, 0.15) is 4.88 Å². The summed E-state index contributed by atoms with van der Waals surface area (Å²) in [7, 11) is 0. The Hall–Kier alpha value is -2.01. The fourth-order valence-corrected chi connectivity index (χ4v) is 3.16. The van der Waals surface area contributed by atoms with Crippen LogP contribution in [0, 0.1) is 6.92 Å². The molecule has 0 saturated carbocycles. The van der Waals surface area contributed by atoms with Crippen LogP contribution in [0.15, 0.2) is 30.9 Å². The number of nitrogens with two attached hydrogens (primary N) is 1. The molecular weight excluding hydrogens is 270 g/mol. The standard InChI is InChI=1S/C15H17N3OS/c1-3-6-18-7-8-19-13-5-4-11(9-12(13)18)14-10(2)20-15(16)17-14/h3-5,9H,1,6-8H2,2H3,(H2,16,17). The molecule has 1 aliphatic heterocycles. The lowest BCUT2D eigenvalue weighted by molar-refractivity contribution is 0.309. The van der Waals surface area contributed by atoms with Gasteiger partial charge in [0.1, 0.15) is 12.4 Å². The Labute approximate surface area is 122 Å². The molecule has 0 atom stereocenters. The third-order valence-corrected chi connectivity index (χ3v) is 4.15. The number of ether oxygens (including phenoxy) is 1. The average molecular weight is 287 g/mol. The van der Waals surface area contributed by atoms with E-state index in [0.717, 1.165) is 40.7 Å². The summed E-state index contributed by atoms with van der Waals surface area (Å²) in [5, 5.41) is 0.606. The predicted octanol–water partition coefficient (Wildman–Crippen LogP) is 3.09. The molecule has 2 aromatic rings. The van der Waals surface area contributed by atoms with Crippen molar-refractivity contribution in [3.63, 3.8) is 0 Å². The zero-order valence-electron chi connectivity index (χ0n) is 11.4. The molecule has 20 heavy (non-hydrogen) atoms. The van der Waals surface area contributed by atoms with Gasteiger partial charge < -0.3 is 15.4 Å². The summed E-state index contributed by atoms with van der Waals surface area (Å²) >= 11 is 1.52. The Bertz CT molecular complexity index is 651. The highest BCUT2D eigenvalue weighted by Crippen LogP contribution is 2.37. The third-order valence-electron chi connectivity index (χ3n) is 3.35. The van der Waals surface area contributed by atoms with Crippen molar-refractivity contribution in [2.75, 3.05) is 30.3 Å². The van der Waals surface area contributed by atoms with Crippen LogP contribution in [0.4, 0.5) is 10.8 Å². The highest BCUT2D eigenvalue weighted by molar-refractivity contribution is 7.15. The lowest BCUT2D eigenvalue weighted by atomic mass is 10.1. The Balaban J connectivity index is 2.05. The Morgan fingerprint density at radius 2 is 2.40 bits per heavy atom. The van der Waals surface area contributed by atoms with Gasteiger partial charge in [-0.25, -0.2) is 4.98 Å². The Morgan fingerprint density at radius 3 is 3.10 bits per heavy atom. The van der Waals surface area contributed by atoms with E-state index in [1.165, 1.54) is 11.3 Å². The maximum Gasteiger partial charge on any atom is 0.180 e. The molecule has 3 rings (SSSR count). The van der Waals surface area contributed by atoms with E-state index in [1.807, 2.05) is 25.1 Å². The molecule has 0 bridgehead atoms. The summed E-state index contributed by atoms with van der Waals surface area (Å²) < 4.78 is 5.71. The van der Waals surface area contributed by atoms with Crippen molar-refractivity contribution in [2.45, 2.75) is 6.92 Å². The highest BCUT2D eigenvalue weighted by Gasteiger charge is 2.19. The Morgan fingerprint density at radius 1 is 1.55 bits per heavy atom. The number of hydrogen-bond donors (Lipinski definition) is 1. The van der Waals surface area contributed by atoms with Gasteiger partial charge in [0, 0.05) is 17.0 Å². The number of nitrogens with zero attached hydrogens (tertiary/aromatic N) is 2. The van der Waals surface area contributed by atoms with E-state index in [0.29, 0.717) is 11.7 Å². The van der Waals surface area contributed by atoms with Gasteiger partial charge >= 0.3 is 0 Å². The fourth-order valence-electron chi connectivity index (χ4n) is 2.45. The zero-order chi connectivity index (χ0) is 14.1. The van der Waals surface area contributed by atoms with Crippen LogP contribution in [-0.2, 0) is 0 Å². The second-order valence-corrected chi connectivity index (χ2v) is 5.96. The minimum absolute atomic E-state index is 0.606. The summed E-state index contributed by atoms with van der Waals surface area (Å²) in [6, 6.07) is 6.17. The maximum absolute atomic E-state index is 5.79. The van der Waals surface area contributed by atoms with Crippen LogP contribution < -0.4 is 15.4 Å². The lowest BCUT2D eigenvalue weighted by Crippen LogP contribution is -2.32. The normalized spacial score (nSPS) is 13.8. The highest BCUT2D eigenvalue weighted by atomic mass is 32.1. The largest absolute Gasteiger partial charge is 0.490 e. The first-order valence-electron chi connectivity index (χ1n) is 6.55. The topological polar surface area (TPSA) is 51.4 Å². The number of anilines is 2. The van der Waals surface area contributed by atoms with Gasteiger partial charge in [0.15, 0.2) is 5.13 Å². The summed E-state index contributed by atoms with van der Waals surface area (Å²) in [5.41, 5.74) is 8.92. The number of rotatable bonds is 3. The minimum Gasteiger partial charge on any atom is -0.490 e. The number of fused-ring (bicyclic) bond motifs is 1. The number of nitrogen functional groups attached to an aromatic ring is 1. The molecule has 0 amide bonds. The molecule has 0 spiro atoms. The van der Waals surface area contributed by atoms with Crippen LogP contribution in [0.5, 0.6) is 5.75 Å². The number of thiazole rings is 1. The summed E-state index contributed by atoms with van der Waals surface area (Å²) in [6.07, 6.45) is 1.91. The molecule has 1 aliphatic rings. The average Bonchev–Trinajstić information content (AvgIpc) is 2.78. The number of aromatic nitrogens is 1. The van der Waals surface area contributed by atoms with Gasteiger partial charge in [-0.1, -0.05) is 6.08 Å². The van der Waals surface area contributed by atoms with Crippen molar-refractivity contribution in [3.05, 3.63) is 35.7 Å².